The molecule has 0 bridgehead atoms. The lowest BCUT2D eigenvalue weighted by Gasteiger charge is -2.35. The fraction of sp³-hybridized carbons (Fsp3) is 0.583. The van der Waals surface area contributed by atoms with Crippen molar-refractivity contribution in [3.8, 4) is 11.5 Å². The molecule has 250 valence electrons. The number of carbonyl (C=O) groups excluding carboxylic acids is 3. The van der Waals surface area contributed by atoms with Gasteiger partial charge in [-0.15, -0.1) is 0 Å². The molecule has 0 saturated heterocycles. The third-order valence-electron chi connectivity index (χ3n) is 7.63. The number of nitrogens with one attached hydrogen (secondary N) is 2. The van der Waals surface area contributed by atoms with Gasteiger partial charge in [0.1, 0.15) is 29.2 Å². The van der Waals surface area contributed by atoms with Crippen LogP contribution in [-0.4, -0.2) is 57.3 Å². The summed E-state index contributed by atoms with van der Waals surface area (Å²) in [5, 5.41) is 26.8. The standard InChI is InChI=1S/C36H55N3O6/c1-8-10-11-12-13-14-23-39(31(33(42)37-26(4)16-9-2)29-18-15-17-25(3)32(29)41)34(43)30(38-35(44)45-36(5,6)7)24-27-19-21-28(40)22-20-27/h15,17-22,26,30-31,40-41H,8-14,16,23-24H2,1-7H3,(H,37,42)(H,38,44). The lowest BCUT2D eigenvalue weighted by molar-refractivity contribution is -0.143. The molecule has 0 aromatic heterocycles. The minimum Gasteiger partial charge on any atom is -0.508 e. The highest BCUT2D eigenvalue weighted by atomic mass is 16.6. The lowest BCUT2D eigenvalue weighted by Crippen LogP contribution is -2.54. The van der Waals surface area contributed by atoms with E-state index < -0.39 is 35.6 Å². The van der Waals surface area contributed by atoms with Crippen LogP contribution in [0.1, 0.15) is 116 Å². The van der Waals surface area contributed by atoms with Crippen molar-refractivity contribution in [2.24, 2.45) is 0 Å². The predicted molar refractivity (Wildman–Crippen MR) is 178 cm³/mol. The molecule has 2 rings (SSSR count). The molecule has 0 aliphatic rings. The van der Waals surface area contributed by atoms with Gasteiger partial charge in [0.05, 0.1) is 0 Å². The summed E-state index contributed by atoms with van der Waals surface area (Å²) in [7, 11) is 0. The minimum absolute atomic E-state index is 0.0447. The molecule has 0 heterocycles. The summed E-state index contributed by atoms with van der Waals surface area (Å²) < 4.78 is 5.52. The average Bonchev–Trinajstić information content (AvgIpc) is 2.95. The Morgan fingerprint density at radius 1 is 0.889 bits per heavy atom. The van der Waals surface area contributed by atoms with Crippen molar-refractivity contribution >= 4 is 17.9 Å². The van der Waals surface area contributed by atoms with Crippen molar-refractivity contribution in [1.82, 2.24) is 15.5 Å². The van der Waals surface area contributed by atoms with Crippen LogP contribution in [0.15, 0.2) is 42.5 Å². The zero-order valence-electron chi connectivity index (χ0n) is 28.3. The monoisotopic (exact) mass is 625 g/mol. The van der Waals surface area contributed by atoms with Crippen LogP contribution < -0.4 is 10.6 Å². The largest absolute Gasteiger partial charge is 0.508 e. The minimum atomic E-state index is -1.13. The second-order valence-corrected chi connectivity index (χ2v) is 13.0. The highest BCUT2D eigenvalue weighted by molar-refractivity contribution is 5.93. The third kappa shape index (κ3) is 12.6. The van der Waals surface area contributed by atoms with Gasteiger partial charge in [-0.1, -0.05) is 82.7 Å². The number of phenols is 2. The maximum atomic E-state index is 14.7. The Labute approximate surface area is 269 Å². The smallest absolute Gasteiger partial charge is 0.408 e. The molecule has 2 aromatic carbocycles. The molecular formula is C36H55N3O6. The van der Waals surface area contributed by atoms with Crippen molar-refractivity contribution in [3.63, 3.8) is 0 Å². The Kier molecular flexibility index (Phi) is 15.2. The number of para-hydroxylation sites is 1. The van der Waals surface area contributed by atoms with Gasteiger partial charge in [0.2, 0.25) is 11.8 Å². The normalized spacial score (nSPS) is 13.4. The van der Waals surface area contributed by atoms with Crippen molar-refractivity contribution in [2.75, 3.05) is 6.54 Å². The second kappa shape index (κ2) is 18.3. The number of phenolic OH excluding ortho intramolecular Hbond substituents is 2. The maximum Gasteiger partial charge on any atom is 0.408 e. The van der Waals surface area contributed by atoms with Crippen molar-refractivity contribution in [3.05, 3.63) is 59.2 Å². The topological polar surface area (TPSA) is 128 Å². The number of aryl methyl sites for hydroxylation is 1. The van der Waals surface area contributed by atoms with E-state index in [4.69, 9.17) is 4.74 Å². The number of hydrogen-bond acceptors (Lipinski definition) is 6. The van der Waals surface area contributed by atoms with Crippen LogP contribution in [0.5, 0.6) is 11.5 Å². The number of amides is 3. The Balaban J connectivity index is 2.60. The number of nitrogens with zero attached hydrogens (tertiary/aromatic N) is 1. The van der Waals surface area contributed by atoms with E-state index in [0.29, 0.717) is 23.1 Å². The Bertz CT molecular complexity index is 1220. The Hall–Kier alpha value is -3.75. The first kappa shape index (κ1) is 37.4. The summed E-state index contributed by atoms with van der Waals surface area (Å²) in [5.74, 6) is -0.820. The van der Waals surface area contributed by atoms with Crippen LogP contribution in [0.2, 0.25) is 0 Å². The van der Waals surface area contributed by atoms with Crippen LogP contribution in [-0.2, 0) is 20.7 Å². The van der Waals surface area contributed by atoms with Gasteiger partial charge in [-0.25, -0.2) is 4.79 Å². The number of rotatable bonds is 17. The molecule has 0 spiro atoms. The quantitative estimate of drug-likeness (QED) is 0.139. The molecule has 0 aliphatic carbocycles. The number of aromatic hydroxyl groups is 2. The summed E-state index contributed by atoms with van der Waals surface area (Å²) >= 11 is 0. The van der Waals surface area contributed by atoms with Gasteiger partial charge in [0, 0.05) is 24.6 Å². The van der Waals surface area contributed by atoms with Crippen LogP contribution in [0, 0.1) is 6.92 Å². The zero-order chi connectivity index (χ0) is 33.6. The molecule has 0 fully saturated rings. The number of alkyl carbamates (subject to hydrolysis) is 1. The molecule has 9 heteroatoms. The SMILES string of the molecule is CCCCCCCCN(C(=O)C(Cc1ccc(O)cc1)NC(=O)OC(C)(C)C)C(C(=O)NC(C)CCC)c1cccc(C)c1O. The number of unbranched alkanes of at least 4 members (excludes halogenated alkanes) is 5. The van der Waals surface area contributed by atoms with E-state index in [1.807, 2.05) is 13.8 Å². The van der Waals surface area contributed by atoms with Crippen LogP contribution >= 0.6 is 0 Å². The number of ether oxygens (including phenoxy) is 1. The fourth-order valence-corrected chi connectivity index (χ4v) is 5.33. The Morgan fingerprint density at radius 2 is 1.53 bits per heavy atom. The summed E-state index contributed by atoms with van der Waals surface area (Å²) in [6, 6.07) is 9.26. The predicted octanol–water partition coefficient (Wildman–Crippen LogP) is 7.08. The van der Waals surface area contributed by atoms with E-state index in [9.17, 15) is 24.6 Å². The van der Waals surface area contributed by atoms with Gasteiger partial charge in [0.25, 0.3) is 0 Å². The Morgan fingerprint density at radius 3 is 2.16 bits per heavy atom. The van der Waals surface area contributed by atoms with E-state index in [2.05, 4.69) is 17.6 Å². The van der Waals surface area contributed by atoms with Crippen LogP contribution in [0.25, 0.3) is 0 Å². The van der Waals surface area contributed by atoms with E-state index >= 15 is 0 Å². The van der Waals surface area contributed by atoms with Crippen LogP contribution in [0.3, 0.4) is 0 Å². The third-order valence-corrected chi connectivity index (χ3v) is 7.63. The van der Waals surface area contributed by atoms with Gasteiger partial charge in [-0.05, 0) is 70.7 Å². The second-order valence-electron chi connectivity index (χ2n) is 13.0. The zero-order valence-corrected chi connectivity index (χ0v) is 28.3. The van der Waals surface area contributed by atoms with Crippen LogP contribution in [0.4, 0.5) is 4.79 Å². The summed E-state index contributed by atoms with van der Waals surface area (Å²) in [6.07, 6.45) is 6.83. The van der Waals surface area contributed by atoms with Crippen molar-refractivity contribution in [1.29, 1.82) is 0 Å². The molecule has 0 aliphatic heterocycles. The van der Waals surface area contributed by atoms with E-state index in [1.165, 1.54) is 17.0 Å². The van der Waals surface area contributed by atoms with E-state index in [1.54, 1.807) is 58.0 Å². The lowest BCUT2D eigenvalue weighted by atomic mass is 9.97. The van der Waals surface area contributed by atoms with E-state index in [-0.39, 0.29) is 30.5 Å². The van der Waals surface area contributed by atoms with Gasteiger partial charge in [-0.2, -0.15) is 0 Å². The average molecular weight is 626 g/mol. The van der Waals surface area contributed by atoms with E-state index in [0.717, 1.165) is 44.9 Å². The first-order valence-corrected chi connectivity index (χ1v) is 16.4. The highest BCUT2D eigenvalue weighted by Crippen LogP contribution is 2.33. The molecule has 3 unspecified atom stereocenters. The van der Waals surface area contributed by atoms with Crippen molar-refractivity contribution < 1.29 is 29.3 Å². The summed E-state index contributed by atoms with van der Waals surface area (Å²) in [5.41, 5.74) is 0.833. The maximum absolute atomic E-state index is 14.7. The fourth-order valence-electron chi connectivity index (χ4n) is 5.33. The molecule has 0 saturated carbocycles. The first-order valence-electron chi connectivity index (χ1n) is 16.4. The number of carbonyl (C=O) groups is 3. The van der Waals surface area contributed by atoms with Crippen molar-refractivity contribution in [2.45, 2.75) is 130 Å². The van der Waals surface area contributed by atoms with Gasteiger partial charge >= 0.3 is 6.09 Å². The van der Waals surface area contributed by atoms with Gasteiger partial charge < -0.3 is 30.5 Å². The number of hydrogen-bond donors (Lipinski definition) is 4. The summed E-state index contributed by atoms with van der Waals surface area (Å²) in [6.45, 7) is 13.4. The van der Waals surface area contributed by atoms with Gasteiger partial charge in [-0.3, -0.25) is 9.59 Å². The molecule has 3 amide bonds. The molecule has 9 nitrogen and oxygen atoms in total. The molecule has 0 radical (unpaired) electrons. The first-order chi connectivity index (χ1) is 21.3. The molecular weight excluding hydrogens is 570 g/mol. The highest BCUT2D eigenvalue weighted by Gasteiger charge is 2.38. The summed E-state index contributed by atoms with van der Waals surface area (Å²) in [4.78, 5) is 43.3. The molecule has 3 atom stereocenters. The molecule has 4 N–H and O–H groups in total. The molecule has 45 heavy (non-hydrogen) atoms. The van der Waals surface area contributed by atoms with Gasteiger partial charge in [0.15, 0.2) is 0 Å². The molecule has 2 aromatic rings. The number of benzene rings is 2.